The minimum atomic E-state index is -5.07. The van der Waals surface area contributed by atoms with E-state index in [1.165, 1.54) is 0 Å². The minimum absolute atomic E-state index is 0.104. The van der Waals surface area contributed by atoms with Gasteiger partial charge in [0.2, 0.25) is 0 Å². The van der Waals surface area contributed by atoms with Crippen LogP contribution in [0.2, 0.25) is 0 Å². The van der Waals surface area contributed by atoms with E-state index in [-0.39, 0.29) is 31.5 Å². The summed E-state index contributed by atoms with van der Waals surface area (Å²) in [6.45, 7) is -0.316. The number of hydrogen-bond acceptors (Lipinski definition) is 3. The number of hydroxylamine groups is 2. The van der Waals surface area contributed by atoms with E-state index < -0.39 is 18.2 Å². The smallest absolute Gasteiger partial charge is 0.361 e. The van der Waals surface area contributed by atoms with Crippen molar-refractivity contribution in [3.8, 4) is 0 Å². The Kier molecular flexibility index (Phi) is 3.84. The van der Waals surface area contributed by atoms with Crippen molar-refractivity contribution in [2.24, 2.45) is 0 Å². The first kappa shape index (κ1) is 12.9. The molecule has 1 aliphatic rings. The maximum absolute atomic E-state index is 12.1. The molecule has 8 heteroatoms. The van der Waals surface area contributed by atoms with Gasteiger partial charge in [-0.25, -0.2) is 4.79 Å². The van der Waals surface area contributed by atoms with Gasteiger partial charge in [0.05, 0.1) is 0 Å². The Morgan fingerprint density at radius 2 is 1.69 bits per heavy atom. The second-order valence-corrected chi connectivity index (χ2v) is 3.17. The Balaban J connectivity index is 2.44. The summed E-state index contributed by atoms with van der Waals surface area (Å²) >= 11 is 0. The van der Waals surface area contributed by atoms with Gasteiger partial charge < -0.3 is 4.84 Å². The van der Waals surface area contributed by atoms with Crippen LogP contribution >= 0.6 is 0 Å². The number of nitrogens with zero attached hydrogens (tertiary/aromatic N) is 1. The number of carbonyl (C=O) groups is 1. The van der Waals surface area contributed by atoms with Crippen molar-refractivity contribution in [2.45, 2.75) is 19.0 Å². The summed E-state index contributed by atoms with van der Waals surface area (Å²) in [6.07, 6.45) is -7.09. The second kappa shape index (κ2) is 4.77. The summed E-state index contributed by atoms with van der Waals surface area (Å²) in [7, 11) is 0. The summed E-state index contributed by atoms with van der Waals surface area (Å²) in [5, 5.41) is 0.738. The fourth-order valence-electron chi connectivity index (χ4n) is 1.21. The van der Waals surface area contributed by atoms with Crippen LogP contribution < -0.4 is 0 Å². The molecule has 0 radical (unpaired) electrons. The first-order valence-corrected chi connectivity index (χ1v) is 4.38. The highest BCUT2D eigenvalue weighted by atomic mass is 19.4. The molecular formula is C8H8F5NO2. The van der Waals surface area contributed by atoms with E-state index in [4.69, 9.17) is 0 Å². The second-order valence-electron chi connectivity index (χ2n) is 3.17. The monoisotopic (exact) mass is 245 g/mol. The predicted molar refractivity (Wildman–Crippen MR) is 42.2 cm³/mol. The standard InChI is InChI=1S/C8H8F5NO2/c9-6(10)5-1-3-14(4-2-5)16-7(15)8(11,12)13/h1-4H2. The molecule has 16 heavy (non-hydrogen) atoms. The Hall–Kier alpha value is -1.18. The zero-order valence-electron chi connectivity index (χ0n) is 7.98. The molecule has 1 saturated heterocycles. The third kappa shape index (κ3) is 3.44. The number of hydrogen-bond donors (Lipinski definition) is 0. The molecule has 0 aromatic rings. The van der Waals surface area contributed by atoms with Crippen LogP contribution in [-0.4, -0.2) is 30.3 Å². The third-order valence-corrected chi connectivity index (χ3v) is 2.04. The van der Waals surface area contributed by atoms with Crippen LogP contribution in [0.25, 0.3) is 0 Å². The first-order valence-electron chi connectivity index (χ1n) is 4.38. The van der Waals surface area contributed by atoms with E-state index >= 15 is 0 Å². The Morgan fingerprint density at radius 3 is 2.06 bits per heavy atom. The van der Waals surface area contributed by atoms with Crippen LogP contribution in [0.15, 0.2) is 11.7 Å². The maximum Gasteiger partial charge on any atom is 0.492 e. The van der Waals surface area contributed by atoms with Gasteiger partial charge in [0.1, 0.15) is 0 Å². The van der Waals surface area contributed by atoms with Gasteiger partial charge in [-0.3, -0.25) is 0 Å². The molecule has 3 nitrogen and oxygen atoms in total. The van der Waals surface area contributed by atoms with Gasteiger partial charge in [0.25, 0.3) is 6.08 Å². The number of piperidine rings is 1. The molecule has 0 saturated carbocycles. The molecular weight excluding hydrogens is 237 g/mol. The zero-order valence-corrected chi connectivity index (χ0v) is 7.98. The molecule has 0 unspecified atom stereocenters. The normalized spacial score (nSPS) is 18.4. The summed E-state index contributed by atoms with van der Waals surface area (Å²) in [5.41, 5.74) is -0.112. The number of carbonyl (C=O) groups excluding carboxylic acids is 1. The van der Waals surface area contributed by atoms with E-state index in [1.807, 2.05) is 0 Å². The Bertz CT molecular complexity index is 298. The summed E-state index contributed by atoms with van der Waals surface area (Å²) in [5.74, 6) is -2.33. The lowest BCUT2D eigenvalue weighted by Crippen LogP contribution is -2.38. The third-order valence-electron chi connectivity index (χ3n) is 2.04. The molecule has 0 atom stereocenters. The molecule has 1 fully saturated rings. The van der Waals surface area contributed by atoms with E-state index in [2.05, 4.69) is 4.84 Å². The van der Waals surface area contributed by atoms with Crippen molar-refractivity contribution in [1.29, 1.82) is 0 Å². The van der Waals surface area contributed by atoms with E-state index in [0.717, 1.165) is 5.06 Å². The predicted octanol–water partition coefficient (Wildman–Crippen LogP) is 2.25. The van der Waals surface area contributed by atoms with Gasteiger partial charge in [0, 0.05) is 13.1 Å². The summed E-state index contributed by atoms with van der Waals surface area (Å²) in [6, 6.07) is 0. The fraction of sp³-hybridized carbons (Fsp3) is 0.625. The highest BCUT2D eigenvalue weighted by Gasteiger charge is 2.42. The van der Waals surface area contributed by atoms with E-state index in [0.29, 0.717) is 0 Å². The summed E-state index contributed by atoms with van der Waals surface area (Å²) in [4.78, 5) is 14.4. The molecule has 0 amide bonds. The van der Waals surface area contributed by atoms with Crippen LogP contribution in [0.4, 0.5) is 22.0 Å². The van der Waals surface area contributed by atoms with E-state index in [1.54, 1.807) is 0 Å². The largest absolute Gasteiger partial charge is 0.492 e. The lowest BCUT2D eigenvalue weighted by molar-refractivity contribution is -0.239. The number of halogens is 5. The Labute approximate surface area is 87.4 Å². The minimum Gasteiger partial charge on any atom is -0.361 e. The molecule has 1 heterocycles. The molecule has 92 valence electrons. The quantitative estimate of drug-likeness (QED) is 0.663. The molecule has 1 rings (SSSR count). The van der Waals surface area contributed by atoms with Gasteiger partial charge in [-0.15, -0.1) is 5.06 Å². The van der Waals surface area contributed by atoms with Gasteiger partial charge >= 0.3 is 12.1 Å². The van der Waals surface area contributed by atoms with Crippen LogP contribution in [0.5, 0.6) is 0 Å². The van der Waals surface area contributed by atoms with Crippen molar-refractivity contribution in [3.63, 3.8) is 0 Å². The maximum atomic E-state index is 12.1. The first-order chi connectivity index (χ1) is 7.30. The highest BCUT2D eigenvalue weighted by Crippen LogP contribution is 2.23. The van der Waals surface area contributed by atoms with Crippen LogP contribution in [-0.2, 0) is 9.63 Å². The average Bonchev–Trinajstić information content (AvgIpc) is 2.17. The van der Waals surface area contributed by atoms with Crippen LogP contribution in [0, 0.1) is 0 Å². The molecule has 0 aliphatic carbocycles. The summed E-state index contributed by atoms with van der Waals surface area (Å²) < 4.78 is 59.5. The zero-order chi connectivity index (χ0) is 12.3. The van der Waals surface area contributed by atoms with Gasteiger partial charge in [-0.1, -0.05) is 0 Å². The fourth-order valence-corrected chi connectivity index (χ4v) is 1.21. The van der Waals surface area contributed by atoms with Crippen molar-refractivity contribution in [3.05, 3.63) is 11.7 Å². The molecule has 0 N–H and O–H groups in total. The van der Waals surface area contributed by atoms with Gasteiger partial charge in [0.15, 0.2) is 0 Å². The Morgan fingerprint density at radius 1 is 1.19 bits per heavy atom. The van der Waals surface area contributed by atoms with Gasteiger partial charge in [-0.05, 0) is 18.4 Å². The van der Waals surface area contributed by atoms with Crippen molar-refractivity contribution < 1.29 is 31.6 Å². The molecule has 1 aliphatic heterocycles. The van der Waals surface area contributed by atoms with Gasteiger partial charge in [-0.2, -0.15) is 22.0 Å². The number of alkyl halides is 3. The van der Waals surface area contributed by atoms with Crippen LogP contribution in [0.1, 0.15) is 12.8 Å². The SMILES string of the molecule is O=C(ON1CCC(=C(F)F)CC1)C(F)(F)F. The molecule has 0 bridgehead atoms. The van der Waals surface area contributed by atoms with Crippen molar-refractivity contribution >= 4 is 5.97 Å². The molecule has 0 aromatic heterocycles. The lowest BCUT2D eigenvalue weighted by atomic mass is 10.1. The van der Waals surface area contributed by atoms with Crippen LogP contribution in [0.3, 0.4) is 0 Å². The number of rotatable bonds is 1. The lowest BCUT2D eigenvalue weighted by Gasteiger charge is -2.26. The highest BCUT2D eigenvalue weighted by molar-refractivity contribution is 5.75. The van der Waals surface area contributed by atoms with Crippen molar-refractivity contribution in [1.82, 2.24) is 5.06 Å². The average molecular weight is 245 g/mol. The molecule has 0 aromatic carbocycles. The van der Waals surface area contributed by atoms with Crippen molar-refractivity contribution in [2.75, 3.05) is 13.1 Å². The topological polar surface area (TPSA) is 29.5 Å². The van der Waals surface area contributed by atoms with E-state index in [9.17, 15) is 26.7 Å². The molecule has 0 spiro atoms.